The van der Waals surface area contributed by atoms with E-state index in [1.54, 1.807) is 27.0 Å². The molecule has 0 radical (unpaired) electrons. The molecule has 9 nitrogen and oxygen atoms in total. The number of methoxy groups -OCH3 is 1. The predicted molar refractivity (Wildman–Crippen MR) is 102 cm³/mol. The molecule has 3 aromatic heterocycles. The van der Waals surface area contributed by atoms with Crippen molar-refractivity contribution >= 4 is 0 Å². The molecule has 0 bridgehead atoms. The second-order valence-corrected chi connectivity index (χ2v) is 6.48. The number of aryl methyl sites for hydroxylation is 2. The van der Waals surface area contributed by atoms with E-state index in [1.165, 1.54) is 0 Å². The minimum atomic E-state index is -0.721. The van der Waals surface area contributed by atoms with E-state index in [0.717, 1.165) is 5.56 Å². The van der Waals surface area contributed by atoms with Gasteiger partial charge in [-0.05, 0) is 26.0 Å². The predicted octanol–water partition coefficient (Wildman–Crippen LogP) is 2.18. The molecule has 0 atom stereocenters. The van der Waals surface area contributed by atoms with Crippen LogP contribution in [0.1, 0.15) is 34.2 Å². The Morgan fingerprint density at radius 2 is 1.57 bits per heavy atom. The maximum Gasteiger partial charge on any atom is 0.268 e. The van der Waals surface area contributed by atoms with E-state index >= 15 is 0 Å². The molecular formula is C19H19N5O4. The van der Waals surface area contributed by atoms with Gasteiger partial charge in [-0.3, -0.25) is 19.8 Å². The average Bonchev–Trinajstić information content (AvgIpc) is 3.39. The van der Waals surface area contributed by atoms with E-state index in [-0.39, 0.29) is 11.1 Å². The second-order valence-electron chi connectivity index (χ2n) is 6.48. The molecule has 4 rings (SSSR count). The van der Waals surface area contributed by atoms with Gasteiger partial charge in [0.05, 0.1) is 24.2 Å². The van der Waals surface area contributed by atoms with Crippen LogP contribution in [-0.2, 0) is 0 Å². The molecule has 0 unspecified atom stereocenters. The van der Waals surface area contributed by atoms with Crippen molar-refractivity contribution in [1.82, 2.24) is 25.6 Å². The topological polar surface area (TPSA) is 133 Å². The summed E-state index contributed by atoms with van der Waals surface area (Å²) in [6.45, 7) is 3.52. The monoisotopic (exact) mass is 381 g/mol. The fraction of sp³-hybridized carbons (Fsp3) is 0.211. The second kappa shape index (κ2) is 6.76. The zero-order valence-electron chi connectivity index (χ0n) is 15.5. The smallest absolute Gasteiger partial charge is 0.268 e. The lowest BCUT2D eigenvalue weighted by molar-refractivity contribution is 0.380. The van der Waals surface area contributed by atoms with Crippen molar-refractivity contribution in [2.75, 3.05) is 7.11 Å². The SMILES string of the molecule is COc1ccccc1-c1cc(C(c2c(C)[nH][nH]c2=O)c2c(C)[nH][nH]c2=O)on1. The fourth-order valence-corrected chi connectivity index (χ4v) is 3.44. The normalized spacial score (nSPS) is 11.3. The van der Waals surface area contributed by atoms with Crippen molar-refractivity contribution < 1.29 is 9.26 Å². The Morgan fingerprint density at radius 1 is 0.964 bits per heavy atom. The van der Waals surface area contributed by atoms with E-state index in [4.69, 9.17) is 9.26 Å². The van der Waals surface area contributed by atoms with Crippen LogP contribution in [0.4, 0.5) is 0 Å². The highest BCUT2D eigenvalue weighted by molar-refractivity contribution is 5.67. The minimum Gasteiger partial charge on any atom is -0.496 e. The van der Waals surface area contributed by atoms with Crippen LogP contribution >= 0.6 is 0 Å². The van der Waals surface area contributed by atoms with E-state index in [1.807, 2.05) is 24.3 Å². The minimum absolute atomic E-state index is 0.322. The number of nitrogens with one attached hydrogen (secondary N) is 4. The summed E-state index contributed by atoms with van der Waals surface area (Å²) in [4.78, 5) is 24.9. The molecule has 0 fully saturated rings. The lowest BCUT2D eigenvalue weighted by Crippen LogP contribution is -2.19. The maximum atomic E-state index is 12.5. The highest BCUT2D eigenvalue weighted by atomic mass is 16.5. The van der Waals surface area contributed by atoms with Gasteiger partial charge in [0.25, 0.3) is 11.1 Å². The number of benzene rings is 1. The summed E-state index contributed by atoms with van der Waals surface area (Å²) in [5, 5.41) is 14.9. The number of aromatic nitrogens is 5. The van der Waals surface area contributed by atoms with Gasteiger partial charge in [-0.1, -0.05) is 17.3 Å². The third-order valence-electron chi connectivity index (χ3n) is 4.80. The molecule has 4 aromatic rings. The first kappa shape index (κ1) is 17.7. The van der Waals surface area contributed by atoms with Crippen LogP contribution < -0.4 is 15.9 Å². The molecule has 28 heavy (non-hydrogen) atoms. The zero-order valence-corrected chi connectivity index (χ0v) is 15.5. The van der Waals surface area contributed by atoms with Crippen LogP contribution in [-0.4, -0.2) is 32.7 Å². The third-order valence-corrected chi connectivity index (χ3v) is 4.80. The summed E-state index contributed by atoms with van der Waals surface area (Å²) < 4.78 is 11.0. The molecule has 0 amide bonds. The Hall–Kier alpha value is -3.75. The molecule has 0 spiro atoms. The van der Waals surface area contributed by atoms with Crippen molar-refractivity contribution in [3.63, 3.8) is 0 Å². The Bertz CT molecular complexity index is 1190. The van der Waals surface area contributed by atoms with Gasteiger partial charge in [0.1, 0.15) is 17.2 Å². The number of nitrogens with zero attached hydrogens (tertiary/aromatic N) is 1. The van der Waals surface area contributed by atoms with Gasteiger partial charge < -0.3 is 19.5 Å². The van der Waals surface area contributed by atoms with Gasteiger partial charge in [0.2, 0.25) is 0 Å². The van der Waals surface area contributed by atoms with Gasteiger partial charge in [-0.2, -0.15) is 0 Å². The molecule has 0 aliphatic heterocycles. The molecule has 0 saturated heterocycles. The van der Waals surface area contributed by atoms with E-state index in [9.17, 15) is 9.59 Å². The van der Waals surface area contributed by atoms with Crippen LogP contribution in [0.3, 0.4) is 0 Å². The molecule has 144 valence electrons. The van der Waals surface area contributed by atoms with Gasteiger partial charge in [0, 0.05) is 23.0 Å². The van der Waals surface area contributed by atoms with Crippen LogP contribution in [0.2, 0.25) is 0 Å². The first-order valence-electron chi connectivity index (χ1n) is 8.65. The Kier molecular flexibility index (Phi) is 4.26. The lowest BCUT2D eigenvalue weighted by Gasteiger charge is -2.11. The Morgan fingerprint density at radius 3 is 2.11 bits per heavy atom. The number of para-hydroxylation sites is 1. The van der Waals surface area contributed by atoms with Crippen LogP contribution in [0, 0.1) is 13.8 Å². The number of hydrogen-bond acceptors (Lipinski definition) is 5. The molecular weight excluding hydrogens is 362 g/mol. The fourth-order valence-electron chi connectivity index (χ4n) is 3.44. The molecule has 1 aromatic carbocycles. The summed E-state index contributed by atoms with van der Waals surface area (Å²) in [6, 6.07) is 9.13. The number of rotatable bonds is 5. The molecule has 3 heterocycles. The molecule has 4 N–H and O–H groups in total. The van der Waals surface area contributed by atoms with Gasteiger partial charge in [0.15, 0.2) is 0 Å². The van der Waals surface area contributed by atoms with Crippen molar-refractivity contribution in [2.24, 2.45) is 0 Å². The van der Waals surface area contributed by atoms with Gasteiger partial charge >= 0.3 is 0 Å². The first-order chi connectivity index (χ1) is 13.5. The molecule has 0 saturated carbocycles. The highest BCUT2D eigenvalue weighted by Crippen LogP contribution is 2.35. The third kappa shape index (κ3) is 2.77. The Labute approximate surface area is 158 Å². The number of ether oxygens (including phenoxy) is 1. The van der Waals surface area contributed by atoms with Crippen molar-refractivity contribution in [1.29, 1.82) is 0 Å². The molecule has 9 heteroatoms. The molecule has 0 aliphatic rings. The van der Waals surface area contributed by atoms with Crippen LogP contribution in [0.5, 0.6) is 5.75 Å². The van der Waals surface area contributed by atoms with E-state index < -0.39 is 5.92 Å². The number of H-pyrrole nitrogens is 4. The standard InChI is InChI=1S/C19H19N5O4/c1-9-15(18(25)22-20-9)17(16-10(2)21-23-19(16)26)14-8-12(24-28-14)11-6-4-5-7-13(11)27-3/h4-8,17H,1-3H3,(H2,20,22,25)(H2,21,23,26). The average molecular weight is 381 g/mol. The number of hydrogen-bond donors (Lipinski definition) is 4. The highest BCUT2D eigenvalue weighted by Gasteiger charge is 2.31. The lowest BCUT2D eigenvalue weighted by atomic mass is 9.89. The first-order valence-corrected chi connectivity index (χ1v) is 8.65. The summed E-state index contributed by atoms with van der Waals surface area (Å²) >= 11 is 0. The van der Waals surface area contributed by atoms with Crippen molar-refractivity contribution in [2.45, 2.75) is 19.8 Å². The Balaban J connectivity index is 1.91. The van der Waals surface area contributed by atoms with Gasteiger partial charge in [-0.15, -0.1) is 0 Å². The largest absolute Gasteiger partial charge is 0.496 e. The van der Waals surface area contributed by atoms with E-state index in [2.05, 4.69) is 25.6 Å². The quantitative estimate of drug-likeness (QED) is 0.421. The zero-order chi connectivity index (χ0) is 19.8. The summed E-state index contributed by atoms with van der Waals surface area (Å²) in [6.07, 6.45) is 0. The van der Waals surface area contributed by atoms with Crippen LogP contribution in [0.25, 0.3) is 11.3 Å². The van der Waals surface area contributed by atoms with Crippen molar-refractivity contribution in [3.8, 4) is 17.0 Å². The van der Waals surface area contributed by atoms with Gasteiger partial charge in [-0.25, -0.2) is 0 Å². The molecule has 0 aliphatic carbocycles. The van der Waals surface area contributed by atoms with E-state index in [0.29, 0.717) is 39.7 Å². The number of aromatic amines is 4. The summed E-state index contributed by atoms with van der Waals surface area (Å²) in [7, 11) is 1.58. The summed E-state index contributed by atoms with van der Waals surface area (Å²) in [5.74, 6) is 0.300. The van der Waals surface area contributed by atoms with Crippen molar-refractivity contribution in [3.05, 3.63) is 79.3 Å². The maximum absolute atomic E-state index is 12.5. The van der Waals surface area contributed by atoms with Crippen LogP contribution in [0.15, 0.2) is 44.4 Å². The summed E-state index contributed by atoms with van der Waals surface area (Å²) in [5.41, 5.74) is 2.68.